The molecule has 0 spiro atoms. The molecule has 0 amide bonds. The first-order valence-corrected chi connectivity index (χ1v) is 12.4. The van der Waals surface area contributed by atoms with E-state index in [1.807, 2.05) is 5.57 Å². The number of hydrogen-bond acceptors (Lipinski definition) is 1. The van der Waals surface area contributed by atoms with Crippen LogP contribution in [0.15, 0.2) is 35.5 Å². The number of allylic oxidation sites excluding steroid dienone is 5. The van der Waals surface area contributed by atoms with Gasteiger partial charge in [-0.25, -0.2) is 0 Å². The summed E-state index contributed by atoms with van der Waals surface area (Å²) in [5.74, 6) is 4.41. The zero-order valence-corrected chi connectivity index (χ0v) is 19.7. The molecule has 0 aliphatic heterocycles. The van der Waals surface area contributed by atoms with Gasteiger partial charge in [-0.05, 0) is 91.3 Å². The number of rotatable bonds is 4. The highest BCUT2D eigenvalue weighted by Gasteiger charge is 2.56. The summed E-state index contributed by atoms with van der Waals surface area (Å²) >= 11 is 0. The maximum absolute atomic E-state index is 10.2. The molecule has 4 aliphatic rings. The monoisotopic (exact) mass is 396 g/mol. The molecule has 2 fully saturated rings. The van der Waals surface area contributed by atoms with Crippen molar-refractivity contribution in [2.45, 2.75) is 92.6 Å². The summed E-state index contributed by atoms with van der Waals surface area (Å²) in [6.45, 7) is 14.6. The molecule has 1 unspecified atom stereocenters. The Balaban J connectivity index is 1.56. The molecule has 8 atom stereocenters. The van der Waals surface area contributed by atoms with Gasteiger partial charge in [0.25, 0.3) is 0 Å². The summed E-state index contributed by atoms with van der Waals surface area (Å²) < 4.78 is 0. The van der Waals surface area contributed by atoms with Gasteiger partial charge >= 0.3 is 0 Å². The van der Waals surface area contributed by atoms with Crippen LogP contribution in [0.4, 0.5) is 0 Å². The molecule has 1 heteroatoms. The average molecular weight is 397 g/mol. The Bertz CT molecular complexity index is 712. The minimum atomic E-state index is -0.210. The smallest absolute Gasteiger partial charge is 0.0724 e. The van der Waals surface area contributed by atoms with Crippen LogP contribution in [0, 0.1) is 46.3 Å². The fourth-order valence-corrected chi connectivity index (χ4v) is 7.62. The van der Waals surface area contributed by atoms with Gasteiger partial charge < -0.3 is 5.11 Å². The molecular weight excluding hydrogens is 352 g/mol. The predicted molar refractivity (Wildman–Crippen MR) is 123 cm³/mol. The SMILES string of the molecule is CC(C)[C@@H](C)/C=C/[C@@H](C)[C@H]1CC[C@H]2C3=CCC4=CC(O)CC[C@]4(C)[C@H]3CC[C@]12C. The molecule has 0 aromatic heterocycles. The topological polar surface area (TPSA) is 20.2 Å². The molecular formula is C28H44O. The van der Waals surface area contributed by atoms with Crippen molar-refractivity contribution in [2.75, 3.05) is 0 Å². The Labute approximate surface area is 179 Å². The fraction of sp³-hybridized carbons (Fsp3) is 0.786. The van der Waals surface area contributed by atoms with E-state index >= 15 is 0 Å². The third-order valence-corrected chi connectivity index (χ3v) is 10.0. The second kappa shape index (κ2) is 7.70. The van der Waals surface area contributed by atoms with E-state index in [1.165, 1.54) is 37.7 Å². The molecule has 4 rings (SSSR count). The first-order chi connectivity index (χ1) is 13.7. The van der Waals surface area contributed by atoms with Gasteiger partial charge in [0.05, 0.1) is 6.10 Å². The second-order valence-corrected chi connectivity index (χ2v) is 11.8. The number of aliphatic hydroxyl groups excluding tert-OH is 1. The van der Waals surface area contributed by atoms with Crippen LogP contribution in [-0.4, -0.2) is 11.2 Å². The lowest BCUT2D eigenvalue weighted by Gasteiger charge is -2.55. The Morgan fingerprint density at radius 2 is 1.72 bits per heavy atom. The Morgan fingerprint density at radius 3 is 2.45 bits per heavy atom. The van der Waals surface area contributed by atoms with E-state index in [2.05, 4.69) is 65.8 Å². The molecule has 1 nitrogen and oxygen atoms in total. The Kier molecular flexibility index (Phi) is 5.69. The van der Waals surface area contributed by atoms with Crippen molar-refractivity contribution in [1.82, 2.24) is 0 Å². The molecule has 1 N–H and O–H groups in total. The number of fused-ring (bicyclic) bond motifs is 5. The lowest BCUT2D eigenvalue weighted by atomic mass is 9.50. The second-order valence-electron chi connectivity index (χ2n) is 11.8. The molecule has 0 saturated heterocycles. The molecule has 0 radical (unpaired) electrons. The molecule has 29 heavy (non-hydrogen) atoms. The zero-order chi connectivity index (χ0) is 21.0. The van der Waals surface area contributed by atoms with E-state index < -0.39 is 0 Å². The lowest BCUT2D eigenvalue weighted by Crippen LogP contribution is -2.46. The number of hydrogen-bond donors (Lipinski definition) is 1. The summed E-state index contributed by atoms with van der Waals surface area (Å²) in [7, 11) is 0. The maximum Gasteiger partial charge on any atom is 0.0724 e. The molecule has 162 valence electrons. The van der Waals surface area contributed by atoms with Gasteiger partial charge in [0.15, 0.2) is 0 Å². The van der Waals surface area contributed by atoms with E-state index in [-0.39, 0.29) is 6.10 Å². The van der Waals surface area contributed by atoms with Crippen LogP contribution in [0.1, 0.15) is 86.5 Å². The summed E-state index contributed by atoms with van der Waals surface area (Å²) in [5.41, 5.74) is 4.12. The van der Waals surface area contributed by atoms with Crippen molar-refractivity contribution < 1.29 is 5.11 Å². The standard InChI is InChI=1S/C28H44O/c1-18(2)19(3)7-8-20(4)24-11-12-25-23-10-9-21-17-22(29)13-15-27(21,5)26(23)14-16-28(24,25)6/h7-8,10,17-20,22,24-26,29H,9,11-16H2,1-6H3/b8-7+/t19-,20+,22?,24+,25-,26-,27-,28+/m0/s1. The molecule has 0 aromatic carbocycles. The summed E-state index contributed by atoms with van der Waals surface area (Å²) in [4.78, 5) is 0. The van der Waals surface area contributed by atoms with Crippen LogP contribution in [0.2, 0.25) is 0 Å². The van der Waals surface area contributed by atoms with Crippen LogP contribution in [0.3, 0.4) is 0 Å². The van der Waals surface area contributed by atoms with Crippen molar-refractivity contribution in [1.29, 1.82) is 0 Å². The van der Waals surface area contributed by atoms with Gasteiger partial charge in [0, 0.05) is 0 Å². The molecule has 0 heterocycles. The van der Waals surface area contributed by atoms with Crippen LogP contribution in [0.25, 0.3) is 0 Å². The molecule has 2 saturated carbocycles. The first-order valence-electron chi connectivity index (χ1n) is 12.4. The lowest BCUT2D eigenvalue weighted by molar-refractivity contribution is 0.0498. The van der Waals surface area contributed by atoms with E-state index in [0.29, 0.717) is 22.7 Å². The van der Waals surface area contributed by atoms with Crippen LogP contribution >= 0.6 is 0 Å². The maximum atomic E-state index is 10.2. The van der Waals surface area contributed by atoms with Crippen molar-refractivity contribution in [3.8, 4) is 0 Å². The summed E-state index contributed by atoms with van der Waals surface area (Å²) in [5, 5.41) is 10.2. The molecule has 0 bridgehead atoms. The third kappa shape index (κ3) is 3.50. The van der Waals surface area contributed by atoms with Gasteiger partial charge in [-0.15, -0.1) is 0 Å². The zero-order valence-electron chi connectivity index (χ0n) is 19.7. The van der Waals surface area contributed by atoms with E-state index in [0.717, 1.165) is 36.5 Å². The van der Waals surface area contributed by atoms with E-state index in [4.69, 9.17) is 0 Å². The summed E-state index contributed by atoms with van der Waals surface area (Å²) in [6.07, 6.45) is 18.3. The largest absolute Gasteiger partial charge is 0.389 e. The molecule has 0 aromatic rings. The normalized spacial score (nSPS) is 44.0. The van der Waals surface area contributed by atoms with Gasteiger partial charge in [-0.2, -0.15) is 0 Å². The van der Waals surface area contributed by atoms with Crippen molar-refractivity contribution in [3.05, 3.63) is 35.5 Å². The van der Waals surface area contributed by atoms with Crippen molar-refractivity contribution in [3.63, 3.8) is 0 Å². The van der Waals surface area contributed by atoms with Crippen LogP contribution in [-0.2, 0) is 0 Å². The van der Waals surface area contributed by atoms with Crippen molar-refractivity contribution in [2.24, 2.45) is 46.3 Å². The Hall–Kier alpha value is -0.820. The third-order valence-electron chi connectivity index (χ3n) is 10.0. The first kappa shape index (κ1) is 21.4. The van der Waals surface area contributed by atoms with E-state index in [9.17, 15) is 5.11 Å². The van der Waals surface area contributed by atoms with Crippen LogP contribution < -0.4 is 0 Å². The van der Waals surface area contributed by atoms with Gasteiger partial charge in [0.1, 0.15) is 0 Å². The summed E-state index contributed by atoms with van der Waals surface area (Å²) in [6, 6.07) is 0. The highest BCUT2D eigenvalue weighted by molar-refractivity contribution is 5.36. The van der Waals surface area contributed by atoms with Gasteiger partial charge in [0.2, 0.25) is 0 Å². The quantitative estimate of drug-likeness (QED) is 0.493. The highest BCUT2D eigenvalue weighted by Crippen LogP contribution is 2.66. The van der Waals surface area contributed by atoms with Gasteiger partial charge in [-0.1, -0.05) is 77.0 Å². The fourth-order valence-electron chi connectivity index (χ4n) is 7.62. The average Bonchev–Trinajstić information content (AvgIpc) is 3.03. The predicted octanol–water partition coefficient (Wildman–Crippen LogP) is 7.33. The molecule has 4 aliphatic carbocycles. The number of aliphatic hydroxyl groups is 1. The van der Waals surface area contributed by atoms with Crippen LogP contribution in [0.5, 0.6) is 0 Å². The van der Waals surface area contributed by atoms with E-state index in [1.54, 1.807) is 0 Å². The Morgan fingerprint density at radius 1 is 0.966 bits per heavy atom. The minimum Gasteiger partial charge on any atom is -0.389 e. The highest BCUT2D eigenvalue weighted by atomic mass is 16.3. The van der Waals surface area contributed by atoms with Gasteiger partial charge in [-0.3, -0.25) is 0 Å². The minimum absolute atomic E-state index is 0.210. The van der Waals surface area contributed by atoms with Crippen molar-refractivity contribution >= 4 is 0 Å².